The Hall–Kier alpha value is -1.60. The van der Waals surface area contributed by atoms with Crippen LogP contribution in [0.1, 0.15) is 24.9 Å². The summed E-state index contributed by atoms with van der Waals surface area (Å²) in [7, 11) is 0. The lowest BCUT2D eigenvalue weighted by atomic mass is 10.0. The first-order valence-corrected chi connectivity index (χ1v) is 8.16. The standard InChI is InChI=1S/C17H21F3N2O2/c1-12-11-14(16(23)24-12)21-7-9-22(10-8-21)15(17(18,19)20)13-5-3-2-4-6-13/h2-6,12,14-15H,7-11H2,1H3/t12-,14+,15+/m1/s1. The minimum absolute atomic E-state index is 0.118. The van der Waals surface area contributed by atoms with Crippen LogP contribution in [0, 0.1) is 0 Å². The van der Waals surface area contributed by atoms with Crippen LogP contribution in [-0.2, 0) is 9.53 Å². The van der Waals surface area contributed by atoms with E-state index in [2.05, 4.69) is 0 Å². The van der Waals surface area contributed by atoms with Gasteiger partial charge in [-0.05, 0) is 12.5 Å². The van der Waals surface area contributed by atoms with E-state index in [0.717, 1.165) is 0 Å². The predicted octanol–water partition coefficient (Wildman–Crippen LogP) is 2.61. The van der Waals surface area contributed by atoms with Crippen molar-refractivity contribution in [3.8, 4) is 0 Å². The summed E-state index contributed by atoms with van der Waals surface area (Å²) in [6, 6.07) is 6.07. The fourth-order valence-corrected chi connectivity index (χ4v) is 3.58. The maximum absolute atomic E-state index is 13.6. The van der Waals surface area contributed by atoms with Crippen molar-refractivity contribution in [2.24, 2.45) is 0 Å². The maximum atomic E-state index is 13.6. The average molecular weight is 342 g/mol. The van der Waals surface area contributed by atoms with Crippen molar-refractivity contribution in [3.63, 3.8) is 0 Å². The minimum atomic E-state index is -4.33. The number of carbonyl (C=O) groups is 1. The van der Waals surface area contributed by atoms with Gasteiger partial charge in [0, 0.05) is 32.6 Å². The van der Waals surface area contributed by atoms with Crippen LogP contribution >= 0.6 is 0 Å². The zero-order chi connectivity index (χ0) is 17.3. The van der Waals surface area contributed by atoms with E-state index < -0.39 is 12.2 Å². The number of alkyl halides is 3. The van der Waals surface area contributed by atoms with E-state index >= 15 is 0 Å². The second-order valence-corrected chi connectivity index (χ2v) is 6.43. The molecule has 2 aliphatic heterocycles. The minimum Gasteiger partial charge on any atom is -0.461 e. The quantitative estimate of drug-likeness (QED) is 0.791. The normalized spacial score (nSPS) is 27.9. The van der Waals surface area contributed by atoms with Gasteiger partial charge in [0.25, 0.3) is 0 Å². The fourth-order valence-electron chi connectivity index (χ4n) is 3.58. The highest BCUT2D eigenvalue weighted by molar-refractivity contribution is 5.78. The maximum Gasteiger partial charge on any atom is 0.408 e. The molecule has 1 aromatic carbocycles. The van der Waals surface area contributed by atoms with Gasteiger partial charge in [0.15, 0.2) is 0 Å². The molecule has 0 radical (unpaired) electrons. The molecule has 2 saturated heterocycles. The van der Waals surface area contributed by atoms with Crippen molar-refractivity contribution in [2.75, 3.05) is 26.2 Å². The van der Waals surface area contributed by atoms with Gasteiger partial charge in [-0.1, -0.05) is 30.3 Å². The number of benzene rings is 1. The summed E-state index contributed by atoms with van der Waals surface area (Å²) in [5.74, 6) is -0.258. The number of rotatable bonds is 3. The van der Waals surface area contributed by atoms with E-state index in [9.17, 15) is 18.0 Å². The molecule has 1 aromatic rings. The molecule has 2 fully saturated rings. The third-order valence-corrected chi connectivity index (χ3v) is 4.72. The van der Waals surface area contributed by atoms with E-state index in [1.54, 1.807) is 18.2 Å². The highest BCUT2D eigenvalue weighted by Gasteiger charge is 2.46. The Bertz CT molecular complexity index is 571. The molecule has 4 nitrogen and oxygen atoms in total. The summed E-state index contributed by atoms with van der Waals surface area (Å²) >= 11 is 0. The molecular formula is C17H21F3N2O2. The summed E-state index contributed by atoms with van der Waals surface area (Å²) in [5.41, 5.74) is 0.257. The summed E-state index contributed by atoms with van der Waals surface area (Å²) < 4.78 is 45.9. The van der Waals surface area contributed by atoms with Gasteiger partial charge in [0.05, 0.1) is 0 Å². The molecule has 0 bridgehead atoms. The summed E-state index contributed by atoms with van der Waals surface area (Å²) in [5, 5.41) is 0. The molecule has 2 heterocycles. The third kappa shape index (κ3) is 3.57. The Morgan fingerprint density at radius 3 is 2.25 bits per heavy atom. The number of esters is 1. The Morgan fingerprint density at radius 2 is 1.75 bits per heavy atom. The van der Waals surface area contributed by atoms with Gasteiger partial charge in [-0.2, -0.15) is 13.2 Å². The lowest BCUT2D eigenvalue weighted by Crippen LogP contribution is -2.54. The number of hydrogen-bond donors (Lipinski definition) is 0. The number of cyclic esters (lactones) is 1. The molecule has 132 valence electrons. The topological polar surface area (TPSA) is 32.8 Å². The van der Waals surface area contributed by atoms with E-state index in [1.807, 2.05) is 11.8 Å². The van der Waals surface area contributed by atoms with Crippen molar-refractivity contribution in [3.05, 3.63) is 35.9 Å². The van der Waals surface area contributed by atoms with Crippen LogP contribution in [0.4, 0.5) is 13.2 Å². The monoisotopic (exact) mass is 342 g/mol. The largest absolute Gasteiger partial charge is 0.461 e. The zero-order valence-electron chi connectivity index (χ0n) is 13.5. The molecule has 0 aliphatic carbocycles. The highest BCUT2D eigenvalue weighted by atomic mass is 19.4. The molecule has 3 rings (SSSR count). The fraction of sp³-hybridized carbons (Fsp3) is 0.588. The van der Waals surface area contributed by atoms with Crippen LogP contribution in [0.25, 0.3) is 0 Å². The molecule has 0 N–H and O–H groups in total. The smallest absolute Gasteiger partial charge is 0.408 e. The lowest BCUT2D eigenvalue weighted by molar-refractivity contribution is -0.191. The van der Waals surface area contributed by atoms with E-state index in [1.165, 1.54) is 17.0 Å². The molecule has 3 atom stereocenters. The summed E-state index contributed by atoms with van der Waals surface area (Å²) in [6.45, 7) is 3.26. The molecule has 0 spiro atoms. The first-order valence-electron chi connectivity index (χ1n) is 8.16. The van der Waals surface area contributed by atoms with Crippen molar-refractivity contribution in [2.45, 2.75) is 37.7 Å². The van der Waals surface area contributed by atoms with E-state index in [-0.39, 0.29) is 36.8 Å². The molecule has 0 unspecified atom stereocenters. The first-order chi connectivity index (χ1) is 11.4. The summed E-state index contributed by atoms with van der Waals surface area (Å²) in [4.78, 5) is 15.2. The van der Waals surface area contributed by atoms with Crippen molar-refractivity contribution >= 4 is 5.97 Å². The Labute approximate surface area is 139 Å². The number of nitrogens with zero attached hydrogens (tertiary/aromatic N) is 2. The van der Waals surface area contributed by atoms with Gasteiger partial charge in [-0.3, -0.25) is 14.6 Å². The second-order valence-electron chi connectivity index (χ2n) is 6.43. The number of halogens is 3. The van der Waals surface area contributed by atoms with Crippen LogP contribution in [0.5, 0.6) is 0 Å². The number of ether oxygens (including phenoxy) is 1. The van der Waals surface area contributed by atoms with Crippen LogP contribution < -0.4 is 0 Å². The Morgan fingerprint density at radius 1 is 1.12 bits per heavy atom. The lowest BCUT2D eigenvalue weighted by Gasteiger charge is -2.41. The van der Waals surface area contributed by atoms with Crippen molar-refractivity contribution < 1.29 is 22.7 Å². The van der Waals surface area contributed by atoms with E-state index in [0.29, 0.717) is 19.5 Å². The average Bonchev–Trinajstić information content (AvgIpc) is 2.86. The zero-order valence-corrected chi connectivity index (χ0v) is 13.5. The molecular weight excluding hydrogens is 321 g/mol. The van der Waals surface area contributed by atoms with Gasteiger partial charge in [0.1, 0.15) is 18.2 Å². The molecule has 7 heteroatoms. The molecule has 24 heavy (non-hydrogen) atoms. The number of hydrogen-bond acceptors (Lipinski definition) is 4. The molecule has 0 aromatic heterocycles. The predicted molar refractivity (Wildman–Crippen MR) is 82.3 cm³/mol. The van der Waals surface area contributed by atoms with Crippen LogP contribution in [0.3, 0.4) is 0 Å². The number of piperazine rings is 1. The summed E-state index contributed by atoms with van der Waals surface area (Å²) in [6.07, 6.45) is -3.84. The molecule has 0 amide bonds. The number of carbonyl (C=O) groups excluding carboxylic acids is 1. The van der Waals surface area contributed by atoms with Crippen LogP contribution in [-0.4, -0.2) is 60.3 Å². The SMILES string of the molecule is C[C@@H]1C[C@H](N2CCN([C@@H](c3ccccc3)C(F)(F)F)CC2)C(=O)O1. The Balaban J connectivity index is 1.69. The first kappa shape index (κ1) is 17.2. The van der Waals surface area contributed by atoms with Gasteiger partial charge in [-0.15, -0.1) is 0 Å². The van der Waals surface area contributed by atoms with E-state index in [4.69, 9.17) is 4.74 Å². The highest BCUT2D eigenvalue weighted by Crippen LogP contribution is 2.38. The second kappa shape index (κ2) is 6.72. The van der Waals surface area contributed by atoms with Gasteiger partial charge < -0.3 is 4.74 Å². The van der Waals surface area contributed by atoms with Crippen molar-refractivity contribution in [1.82, 2.24) is 9.80 Å². The van der Waals surface area contributed by atoms with Gasteiger partial charge in [-0.25, -0.2) is 0 Å². The van der Waals surface area contributed by atoms with Gasteiger partial charge >= 0.3 is 12.1 Å². The van der Waals surface area contributed by atoms with Gasteiger partial charge in [0.2, 0.25) is 0 Å². The molecule has 0 saturated carbocycles. The molecule has 2 aliphatic rings. The van der Waals surface area contributed by atoms with Crippen LogP contribution in [0.2, 0.25) is 0 Å². The Kier molecular flexibility index (Phi) is 4.83. The third-order valence-electron chi connectivity index (χ3n) is 4.72. The van der Waals surface area contributed by atoms with Crippen LogP contribution in [0.15, 0.2) is 30.3 Å². The van der Waals surface area contributed by atoms with Crippen molar-refractivity contribution in [1.29, 1.82) is 0 Å².